The molecule has 1 amide bonds. The first kappa shape index (κ1) is 15.7. The predicted molar refractivity (Wildman–Crippen MR) is 77.6 cm³/mol. The molecule has 0 aliphatic carbocycles. The highest BCUT2D eigenvalue weighted by molar-refractivity contribution is 5.79. The summed E-state index contributed by atoms with van der Waals surface area (Å²) in [7, 11) is 1.88. The van der Waals surface area contributed by atoms with Gasteiger partial charge in [0.1, 0.15) is 0 Å². The molecule has 3 atom stereocenters. The maximum atomic E-state index is 12.5. The van der Waals surface area contributed by atoms with Gasteiger partial charge in [0.25, 0.3) is 0 Å². The monoisotopic (exact) mass is 284 g/mol. The summed E-state index contributed by atoms with van der Waals surface area (Å²) in [5, 5.41) is 3.42. The Kier molecular flexibility index (Phi) is 6.26. The van der Waals surface area contributed by atoms with Crippen LogP contribution in [0.5, 0.6) is 0 Å². The number of nitrogens with zero attached hydrogens (tertiary/aromatic N) is 1. The summed E-state index contributed by atoms with van der Waals surface area (Å²) in [4.78, 5) is 14.4. The maximum Gasteiger partial charge on any atom is 0.229 e. The zero-order chi connectivity index (χ0) is 14.4. The van der Waals surface area contributed by atoms with Crippen LogP contribution in [0.1, 0.15) is 32.6 Å². The van der Waals surface area contributed by atoms with Crippen molar-refractivity contribution in [3.8, 4) is 0 Å². The first-order chi connectivity index (χ1) is 9.72. The Labute approximate surface area is 122 Å². The fraction of sp³-hybridized carbons (Fsp3) is 0.933. The van der Waals surface area contributed by atoms with Gasteiger partial charge < -0.3 is 19.7 Å². The Morgan fingerprint density at radius 3 is 2.90 bits per heavy atom. The van der Waals surface area contributed by atoms with Crippen LogP contribution in [0.2, 0.25) is 0 Å². The molecule has 2 fully saturated rings. The molecule has 0 aromatic carbocycles. The second-order valence-electron chi connectivity index (χ2n) is 5.91. The van der Waals surface area contributed by atoms with Crippen molar-refractivity contribution < 1.29 is 14.3 Å². The molecule has 3 unspecified atom stereocenters. The molecular weight excluding hydrogens is 256 g/mol. The van der Waals surface area contributed by atoms with Gasteiger partial charge in [0.15, 0.2) is 0 Å². The number of carbonyl (C=O) groups is 1. The van der Waals surface area contributed by atoms with Crippen molar-refractivity contribution in [3.63, 3.8) is 0 Å². The van der Waals surface area contributed by atoms with Crippen LogP contribution in [0.15, 0.2) is 0 Å². The molecule has 2 aliphatic heterocycles. The van der Waals surface area contributed by atoms with E-state index in [0.717, 1.165) is 32.4 Å². The quantitative estimate of drug-likeness (QED) is 0.791. The number of amides is 1. The first-order valence-electron chi connectivity index (χ1n) is 7.90. The van der Waals surface area contributed by atoms with Crippen molar-refractivity contribution in [3.05, 3.63) is 0 Å². The summed E-state index contributed by atoms with van der Waals surface area (Å²) in [5.74, 6) is 0.139. The molecule has 2 rings (SSSR count). The van der Waals surface area contributed by atoms with E-state index in [9.17, 15) is 4.79 Å². The van der Waals surface area contributed by atoms with E-state index in [0.29, 0.717) is 19.8 Å². The SMILES string of the molecule is CCCNC1COCC1C(=O)N(C)CC1CCCCO1. The predicted octanol–water partition coefficient (Wildman–Crippen LogP) is 1.03. The third kappa shape index (κ3) is 4.17. The molecule has 5 nitrogen and oxygen atoms in total. The molecule has 5 heteroatoms. The van der Waals surface area contributed by atoms with Crippen LogP contribution in [0, 0.1) is 5.92 Å². The number of hydrogen-bond donors (Lipinski definition) is 1. The third-order valence-corrected chi connectivity index (χ3v) is 4.18. The Morgan fingerprint density at radius 2 is 2.20 bits per heavy atom. The lowest BCUT2D eigenvalue weighted by Crippen LogP contribution is -2.47. The van der Waals surface area contributed by atoms with E-state index >= 15 is 0 Å². The third-order valence-electron chi connectivity index (χ3n) is 4.18. The second-order valence-corrected chi connectivity index (χ2v) is 5.91. The van der Waals surface area contributed by atoms with Gasteiger partial charge in [-0.15, -0.1) is 0 Å². The summed E-state index contributed by atoms with van der Waals surface area (Å²) in [5.41, 5.74) is 0. The van der Waals surface area contributed by atoms with Gasteiger partial charge >= 0.3 is 0 Å². The smallest absolute Gasteiger partial charge is 0.229 e. The Morgan fingerprint density at radius 1 is 1.35 bits per heavy atom. The van der Waals surface area contributed by atoms with Crippen LogP contribution in [-0.2, 0) is 14.3 Å². The lowest BCUT2D eigenvalue weighted by molar-refractivity contribution is -0.137. The van der Waals surface area contributed by atoms with E-state index in [2.05, 4.69) is 12.2 Å². The van der Waals surface area contributed by atoms with E-state index in [1.54, 1.807) is 0 Å². The zero-order valence-electron chi connectivity index (χ0n) is 12.8. The summed E-state index contributed by atoms with van der Waals surface area (Å²) in [6.07, 6.45) is 4.70. The molecule has 1 N–H and O–H groups in total. The highest BCUT2D eigenvalue weighted by Gasteiger charge is 2.35. The van der Waals surface area contributed by atoms with Crippen LogP contribution in [0.3, 0.4) is 0 Å². The van der Waals surface area contributed by atoms with E-state index in [4.69, 9.17) is 9.47 Å². The van der Waals surface area contributed by atoms with E-state index in [1.807, 2.05) is 11.9 Å². The molecule has 0 aromatic rings. The first-order valence-corrected chi connectivity index (χ1v) is 7.90. The summed E-state index contributed by atoms with van der Waals surface area (Å²) in [6.45, 7) is 5.79. The zero-order valence-corrected chi connectivity index (χ0v) is 12.8. The normalized spacial score (nSPS) is 30.4. The van der Waals surface area contributed by atoms with Crippen molar-refractivity contribution in [1.29, 1.82) is 0 Å². The molecule has 0 saturated carbocycles. The van der Waals surface area contributed by atoms with E-state index in [-0.39, 0.29) is 24.0 Å². The van der Waals surface area contributed by atoms with Crippen LogP contribution in [0.4, 0.5) is 0 Å². The van der Waals surface area contributed by atoms with Gasteiger partial charge in [-0.2, -0.15) is 0 Å². The molecule has 0 bridgehead atoms. The number of rotatable bonds is 6. The molecule has 2 aliphatic rings. The average Bonchev–Trinajstić information content (AvgIpc) is 2.93. The van der Waals surface area contributed by atoms with Gasteiger partial charge in [-0.3, -0.25) is 4.79 Å². The molecule has 20 heavy (non-hydrogen) atoms. The van der Waals surface area contributed by atoms with E-state index in [1.165, 1.54) is 6.42 Å². The number of hydrogen-bond acceptors (Lipinski definition) is 4. The summed E-state index contributed by atoms with van der Waals surface area (Å²) < 4.78 is 11.2. The number of likely N-dealkylation sites (N-methyl/N-ethyl adjacent to an activating group) is 1. The molecular formula is C15H28N2O3. The van der Waals surface area contributed by atoms with Crippen molar-refractivity contribution in [2.45, 2.75) is 44.8 Å². The van der Waals surface area contributed by atoms with Crippen LogP contribution in [-0.4, -0.2) is 62.9 Å². The van der Waals surface area contributed by atoms with Crippen LogP contribution >= 0.6 is 0 Å². The lowest BCUT2D eigenvalue weighted by Gasteiger charge is -2.30. The average molecular weight is 284 g/mol. The maximum absolute atomic E-state index is 12.5. The van der Waals surface area contributed by atoms with Gasteiger partial charge in [0, 0.05) is 26.2 Å². The molecule has 0 spiro atoms. The van der Waals surface area contributed by atoms with E-state index < -0.39 is 0 Å². The van der Waals surface area contributed by atoms with Crippen molar-refractivity contribution in [2.24, 2.45) is 5.92 Å². The van der Waals surface area contributed by atoms with Crippen LogP contribution in [0.25, 0.3) is 0 Å². The highest BCUT2D eigenvalue weighted by Crippen LogP contribution is 2.18. The van der Waals surface area contributed by atoms with Crippen LogP contribution < -0.4 is 5.32 Å². The molecule has 0 aromatic heterocycles. The standard InChI is InChI=1S/C15H28N2O3/c1-3-7-16-14-11-19-10-13(14)15(18)17(2)9-12-6-4-5-8-20-12/h12-14,16H,3-11H2,1-2H3. The minimum absolute atomic E-state index is 0.0462. The molecule has 2 saturated heterocycles. The van der Waals surface area contributed by atoms with Gasteiger partial charge in [-0.1, -0.05) is 6.92 Å². The Hall–Kier alpha value is -0.650. The molecule has 116 valence electrons. The van der Waals surface area contributed by atoms with Crippen molar-refractivity contribution >= 4 is 5.91 Å². The molecule has 0 radical (unpaired) electrons. The Bertz CT molecular complexity index is 305. The summed E-state index contributed by atoms with van der Waals surface area (Å²) >= 11 is 0. The second kappa shape index (κ2) is 7.96. The highest BCUT2D eigenvalue weighted by atomic mass is 16.5. The minimum Gasteiger partial charge on any atom is -0.379 e. The van der Waals surface area contributed by atoms with Crippen molar-refractivity contribution in [2.75, 3.05) is 40.0 Å². The van der Waals surface area contributed by atoms with Gasteiger partial charge in [-0.25, -0.2) is 0 Å². The topological polar surface area (TPSA) is 50.8 Å². The lowest BCUT2D eigenvalue weighted by atomic mass is 10.0. The largest absolute Gasteiger partial charge is 0.379 e. The van der Waals surface area contributed by atoms with Gasteiger partial charge in [0.2, 0.25) is 5.91 Å². The minimum atomic E-state index is -0.0462. The fourth-order valence-corrected chi connectivity index (χ4v) is 2.96. The van der Waals surface area contributed by atoms with Gasteiger partial charge in [-0.05, 0) is 32.2 Å². The summed E-state index contributed by atoms with van der Waals surface area (Å²) in [6, 6.07) is 0.164. The number of nitrogens with one attached hydrogen (secondary N) is 1. The molecule has 2 heterocycles. The number of ether oxygens (including phenoxy) is 2. The van der Waals surface area contributed by atoms with Gasteiger partial charge in [0.05, 0.1) is 25.2 Å². The fourth-order valence-electron chi connectivity index (χ4n) is 2.96. The Balaban J connectivity index is 1.81. The van der Waals surface area contributed by atoms with Crippen molar-refractivity contribution in [1.82, 2.24) is 10.2 Å². The number of carbonyl (C=O) groups excluding carboxylic acids is 1.